The maximum atomic E-state index is 13.2. The standard InChI is InChI=1S/C29H35N3O8S/c1-19(30)15-23(33)7-6-8-24(34)16-21-11-13-22(14-12-21)17-26(29(36)37)31-28(35)27-20(2)40-18-32(27)41(38,39)25-9-4-3-5-10-25/h3-5,9-14,20,26-27,30H,6-8,15-18H2,1-2H3,(H,31,35)(H,36,37)/t20?,26-,27-/m0/s1. The second-order valence-corrected chi connectivity index (χ2v) is 12.0. The summed E-state index contributed by atoms with van der Waals surface area (Å²) in [5.41, 5.74) is 1.63. The zero-order valence-corrected chi connectivity index (χ0v) is 23.9. The minimum atomic E-state index is -4.06. The number of sulfonamides is 1. The molecule has 220 valence electrons. The summed E-state index contributed by atoms with van der Waals surface area (Å²) in [6.45, 7) is 2.78. The van der Waals surface area contributed by atoms with Gasteiger partial charge >= 0.3 is 5.97 Å². The Hall–Kier alpha value is -3.74. The lowest BCUT2D eigenvalue weighted by Crippen LogP contribution is -2.54. The maximum absolute atomic E-state index is 13.2. The van der Waals surface area contributed by atoms with Crippen LogP contribution in [0.4, 0.5) is 0 Å². The quantitative estimate of drug-likeness (QED) is 0.268. The molecule has 3 atom stereocenters. The first-order valence-electron chi connectivity index (χ1n) is 13.3. The Labute approximate surface area is 239 Å². The van der Waals surface area contributed by atoms with Crippen molar-refractivity contribution in [2.75, 3.05) is 6.73 Å². The molecule has 0 aliphatic carbocycles. The van der Waals surface area contributed by atoms with Crippen molar-refractivity contribution in [2.45, 2.75) is 75.5 Å². The number of amides is 1. The van der Waals surface area contributed by atoms with Crippen molar-refractivity contribution < 1.29 is 37.4 Å². The summed E-state index contributed by atoms with van der Waals surface area (Å²) in [5.74, 6) is -2.15. The van der Waals surface area contributed by atoms with Gasteiger partial charge < -0.3 is 20.6 Å². The summed E-state index contributed by atoms with van der Waals surface area (Å²) in [6.07, 6.45) is 0.352. The molecule has 0 radical (unpaired) electrons. The van der Waals surface area contributed by atoms with Gasteiger partial charge in [-0.15, -0.1) is 0 Å². The largest absolute Gasteiger partial charge is 0.480 e. The summed E-state index contributed by atoms with van der Waals surface area (Å²) < 4.78 is 32.7. The van der Waals surface area contributed by atoms with E-state index in [-0.39, 0.29) is 55.3 Å². The van der Waals surface area contributed by atoms with E-state index in [1.54, 1.807) is 56.3 Å². The molecular weight excluding hydrogens is 550 g/mol. The van der Waals surface area contributed by atoms with Crippen molar-refractivity contribution in [2.24, 2.45) is 0 Å². The van der Waals surface area contributed by atoms with E-state index in [2.05, 4.69) is 5.32 Å². The Bertz CT molecular complexity index is 1380. The third-order valence-electron chi connectivity index (χ3n) is 6.69. The summed E-state index contributed by atoms with van der Waals surface area (Å²) in [4.78, 5) is 49.2. The van der Waals surface area contributed by atoms with Gasteiger partial charge in [-0.25, -0.2) is 13.2 Å². The predicted octanol–water partition coefficient (Wildman–Crippen LogP) is 2.51. The highest BCUT2D eigenvalue weighted by Gasteiger charge is 2.45. The highest BCUT2D eigenvalue weighted by Crippen LogP contribution is 2.26. The molecule has 11 nitrogen and oxygen atoms in total. The van der Waals surface area contributed by atoms with Gasteiger partial charge in [0.15, 0.2) is 0 Å². The van der Waals surface area contributed by atoms with Crippen LogP contribution in [0.5, 0.6) is 0 Å². The Morgan fingerprint density at radius 3 is 2.24 bits per heavy atom. The zero-order chi connectivity index (χ0) is 30.2. The van der Waals surface area contributed by atoms with E-state index in [1.165, 1.54) is 12.1 Å². The fourth-order valence-corrected chi connectivity index (χ4v) is 6.09. The number of rotatable bonds is 15. The van der Waals surface area contributed by atoms with Crippen molar-refractivity contribution in [3.63, 3.8) is 0 Å². The number of carbonyl (C=O) groups excluding carboxylic acids is 3. The third-order valence-corrected chi connectivity index (χ3v) is 8.51. The van der Waals surface area contributed by atoms with Crippen LogP contribution in [-0.2, 0) is 46.8 Å². The lowest BCUT2D eigenvalue weighted by atomic mass is 9.99. The minimum Gasteiger partial charge on any atom is -0.480 e. The monoisotopic (exact) mass is 585 g/mol. The predicted molar refractivity (Wildman–Crippen MR) is 150 cm³/mol. The summed E-state index contributed by atoms with van der Waals surface area (Å²) in [6, 6.07) is 11.8. The molecule has 0 aromatic heterocycles. The van der Waals surface area contributed by atoms with E-state index in [0.29, 0.717) is 17.7 Å². The smallest absolute Gasteiger partial charge is 0.326 e. The van der Waals surface area contributed by atoms with Crippen LogP contribution in [0.3, 0.4) is 0 Å². The SMILES string of the molecule is CC(=N)CC(=O)CCCC(=O)Cc1ccc(C[C@H](NC(=O)[C@@H]2C(C)OCN2S(=O)(=O)c2ccccc2)C(=O)O)cc1. The number of ether oxygens (including phenoxy) is 1. The molecular formula is C29H35N3O8S. The summed E-state index contributed by atoms with van der Waals surface area (Å²) in [7, 11) is -4.06. The van der Waals surface area contributed by atoms with Crippen LogP contribution in [0.15, 0.2) is 59.5 Å². The van der Waals surface area contributed by atoms with Gasteiger partial charge in [0.25, 0.3) is 0 Å². The van der Waals surface area contributed by atoms with Crippen molar-refractivity contribution in [1.29, 1.82) is 5.41 Å². The molecule has 1 saturated heterocycles. The molecule has 3 rings (SSSR count). The molecule has 1 amide bonds. The number of benzene rings is 2. The molecule has 1 heterocycles. The number of nitrogens with one attached hydrogen (secondary N) is 2. The number of hydrogen-bond donors (Lipinski definition) is 3. The average molecular weight is 586 g/mol. The van der Waals surface area contributed by atoms with Crippen LogP contribution in [0, 0.1) is 5.41 Å². The first-order chi connectivity index (χ1) is 19.4. The lowest BCUT2D eigenvalue weighted by Gasteiger charge is -2.25. The Balaban J connectivity index is 1.59. The van der Waals surface area contributed by atoms with Gasteiger partial charge in [0.05, 0.1) is 11.0 Å². The number of hydrogen-bond acceptors (Lipinski definition) is 8. The molecule has 12 heteroatoms. The van der Waals surface area contributed by atoms with Gasteiger partial charge in [-0.3, -0.25) is 14.4 Å². The molecule has 1 fully saturated rings. The van der Waals surface area contributed by atoms with E-state index in [9.17, 15) is 32.7 Å². The number of aliphatic carboxylic acids is 1. The summed E-state index contributed by atoms with van der Waals surface area (Å²) in [5, 5.41) is 19.6. The van der Waals surface area contributed by atoms with Crippen molar-refractivity contribution in [3.05, 3.63) is 65.7 Å². The van der Waals surface area contributed by atoms with Gasteiger partial charge in [-0.05, 0) is 43.5 Å². The van der Waals surface area contributed by atoms with Crippen molar-refractivity contribution in [1.82, 2.24) is 9.62 Å². The number of carboxylic acid groups (broad SMARTS) is 1. The van der Waals surface area contributed by atoms with Gasteiger partial charge in [0.1, 0.15) is 30.4 Å². The highest BCUT2D eigenvalue weighted by molar-refractivity contribution is 7.89. The van der Waals surface area contributed by atoms with Gasteiger partial charge in [-0.2, -0.15) is 4.31 Å². The Morgan fingerprint density at radius 1 is 1.02 bits per heavy atom. The van der Waals surface area contributed by atoms with E-state index in [1.807, 2.05) is 0 Å². The maximum Gasteiger partial charge on any atom is 0.326 e. The molecule has 3 N–H and O–H groups in total. The van der Waals surface area contributed by atoms with Crippen molar-refractivity contribution in [3.8, 4) is 0 Å². The van der Waals surface area contributed by atoms with Gasteiger partial charge in [0.2, 0.25) is 15.9 Å². The Kier molecular flexibility index (Phi) is 11.0. The number of carboxylic acids is 1. The molecule has 2 aromatic rings. The molecule has 0 saturated carbocycles. The number of Topliss-reactive ketones (excluding diaryl/α,β-unsaturated/α-hetero) is 2. The molecule has 0 bridgehead atoms. The number of nitrogens with zero attached hydrogens (tertiary/aromatic N) is 1. The first-order valence-corrected chi connectivity index (χ1v) is 14.7. The van der Waals surface area contributed by atoms with Crippen LogP contribution in [0.1, 0.15) is 50.7 Å². The second-order valence-electron chi connectivity index (χ2n) is 10.1. The number of carbonyl (C=O) groups is 4. The summed E-state index contributed by atoms with van der Waals surface area (Å²) >= 11 is 0. The third kappa shape index (κ3) is 8.87. The lowest BCUT2D eigenvalue weighted by molar-refractivity contribution is -0.142. The van der Waals surface area contributed by atoms with Crippen LogP contribution in [0.25, 0.3) is 0 Å². The molecule has 1 aliphatic rings. The second kappa shape index (κ2) is 14.2. The fourth-order valence-electron chi connectivity index (χ4n) is 4.56. The molecule has 1 unspecified atom stereocenters. The van der Waals surface area contributed by atoms with Crippen LogP contribution < -0.4 is 5.32 Å². The molecule has 2 aromatic carbocycles. The topological polar surface area (TPSA) is 171 Å². The van der Waals surface area contributed by atoms with Crippen LogP contribution >= 0.6 is 0 Å². The van der Waals surface area contributed by atoms with Crippen molar-refractivity contribution >= 4 is 39.2 Å². The van der Waals surface area contributed by atoms with Gasteiger partial charge in [0, 0.05) is 37.8 Å². The number of ketones is 2. The zero-order valence-electron chi connectivity index (χ0n) is 23.0. The van der Waals surface area contributed by atoms with E-state index >= 15 is 0 Å². The average Bonchev–Trinajstić information content (AvgIpc) is 3.31. The minimum absolute atomic E-state index is 0.00442. The van der Waals surface area contributed by atoms with E-state index in [4.69, 9.17) is 10.1 Å². The Morgan fingerprint density at radius 2 is 1.63 bits per heavy atom. The van der Waals surface area contributed by atoms with Crippen LogP contribution in [0.2, 0.25) is 0 Å². The normalized spacial score (nSPS) is 18.0. The molecule has 1 aliphatic heterocycles. The fraction of sp³-hybridized carbons (Fsp3) is 0.414. The van der Waals surface area contributed by atoms with Crippen LogP contribution in [-0.4, -0.2) is 71.9 Å². The van der Waals surface area contributed by atoms with E-state index in [0.717, 1.165) is 9.87 Å². The first kappa shape index (κ1) is 31.8. The molecule has 41 heavy (non-hydrogen) atoms. The highest BCUT2D eigenvalue weighted by atomic mass is 32.2. The van der Waals surface area contributed by atoms with Gasteiger partial charge in [-0.1, -0.05) is 42.5 Å². The van der Waals surface area contributed by atoms with E-state index < -0.39 is 40.1 Å². The molecule has 0 spiro atoms.